The van der Waals surface area contributed by atoms with Gasteiger partial charge in [0, 0.05) is 18.0 Å². The molecular weight excluding hydrogens is 280 g/mol. The molecule has 0 saturated carbocycles. The molecule has 0 saturated heterocycles. The Labute approximate surface area is 131 Å². The van der Waals surface area contributed by atoms with Crippen molar-refractivity contribution in [3.05, 3.63) is 45.9 Å². The molecule has 4 heteroatoms. The van der Waals surface area contributed by atoms with Crippen LogP contribution in [0, 0.1) is 6.92 Å². The second kappa shape index (κ2) is 8.80. The van der Waals surface area contributed by atoms with E-state index in [-0.39, 0.29) is 0 Å². The van der Waals surface area contributed by atoms with Crippen molar-refractivity contribution in [3.63, 3.8) is 0 Å². The summed E-state index contributed by atoms with van der Waals surface area (Å²) in [6.45, 7) is 6.82. The molecule has 0 radical (unpaired) electrons. The Morgan fingerprint density at radius 1 is 1.14 bits per heavy atom. The van der Waals surface area contributed by atoms with Crippen LogP contribution in [-0.2, 0) is 13.1 Å². The Balaban J connectivity index is 1.71. The van der Waals surface area contributed by atoms with E-state index < -0.39 is 0 Å². The highest BCUT2D eigenvalue weighted by atomic mass is 32.1. The Morgan fingerprint density at radius 3 is 2.62 bits per heavy atom. The van der Waals surface area contributed by atoms with Crippen LogP contribution >= 0.6 is 11.3 Å². The minimum atomic E-state index is 0.816. The zero-order valence-corrected chi connectivity index (χ0v) is 13.7. The van der Waals surface area contributed by atoms with Gasteiger partial charge in [0.2, 0.25) is 0 Å². The molecule has 21 heavy (non-hydrogen) atoms. The van der Waals surface area contributed by atoms with Gasteiger partial charge in [0.25, 0.3) is 0 Å². The number of ether oxygens (including phenoxy) is 1. The van der Waals surface area contributed by atoms with Crippen LogP contribution in [0.4, 0.5) is 0 Å². The van der Waals surface area contributed by atoms with Crippen LogP contribution in [0.3, 0.4) is 0 Å². The van der Waals surface area contributed by atoms with Gasteiger partial charge in [-0.3, -0.25) is 0 Å². The highest BCUT2D eigenvalue weighted by Gasteiger charge is 2.01. The van der Waals surface area contributed by atoms with Gasteiger partial charge in [-0.25, -0.2) is 4.98 Å². The van der Waals surface area contributed by atoms with Crippen LogP contribution in [0.15, 0.2) is 29.8 Å². The van der Waals surface area contributed by atoms with Crippen molar-refractivity contribution in [2.24, 2.45) is 0 Å². The third kappa shape index (κ3) is 5.48. The maximum Gasteiger partial charge on any atom is 0.119 e. The summed E-state index contributed by atoms with van der Waals surface area (Å²) in [5.41, 5.74) is 4.30. The number of thiazole rings is 1. The second-order valence-electron chi connectivity index (χ2n) is 5.16. The summed E-state index contributed by atoms with van der Waals surface area (Å²) >= 11 is 1.71. The van der Waals surface area contributed by atoms with E-state index in [0.717, 1.165) is 37.6 Å². The molecule has 1 aromatic heterocycles. The Hall–Kier alpha value is -1.39. The van der Waals surface area contributed by atoms with E-state index in [1.54, 1.807) is 11.3 Å². The molecule has 0 aliphatic heterocycles. The van der Waals surface area contributed by atoms with E-state index >= 15 is 0 Å². The van der Waals surface area contributed by atoms with Gasteiger partial charge >= 0.3 is 0 Å². The van der Waals surface area contributed by atoms with Gasteiger partial charge in [-0.05, 0) is 31.0 Å². The van der Waals surface area contributed by atoms with Crippen molar-refractivity contribution in [1.29, 1.82) is 0 Å². The minimum absolute atomic E-state index is 0.816. The molecule has 1 N–H and O–H groups in total. The summed E-state index contributed by atoms with van der Waals surface area (Å²) < 4.78 is 5.72. The summed E-state index contributed by atoms with van der Waals surface area (Å²) in [7, 11) is 0. The maximum atomic E-state index is 5.72. The lowest BCUT2D eigenvalue weighted by Gasteiger charge is -2.08. The molecule has 0 aliphatic carbocycles. The number of nitrogens with zero attached hydrogens (tertiary/aromatic N) is 1. The number of hydrogen-bond acceptors (Lipinski definition) is 4. The molecule has 0 amide bonds. The lowest BCUT2D eigenvalue weighted by atomic mass is 10.2. The van der Waals surface area contributed by atoms with Crippen LogP contribution < -0.4 is 10.1 Å². The number of benzene rings is 1. The monoisotopic (exact) mass is 304 g/mol. The van der Waals surface area contributed by atoms with Crippen LogP contribution in [0.25, 0.3) is 0 Å². The molecule has 0 aliphatic rings. The van der Waals surface area contributed by atoms with E-state index in [0.29, 0.717) is 0 Å². The predicted molar refractivity (Wildman–Crippen MR) is 88.9 cm³/mol. The summed E-state index contributed by atoms with van der Waals surface area (Å²) in [4.78, 5) is 5.57. The topological polar surface area (TPSA) is 34.1 Å². The molecule has 0 spiro atoms. The fourth-order valence-corrected chi connectivity index (χ4v) is 2.81. The molecule has 1 heterocycles. The molecule has 0 bridgehead atoms. The van der Waals surface area contributed by atoms with E-state index in [9.17, 15) is 0 Å². The number of aryl methyl sites for hydroxylation is 1. The van der Waals surface area contributed by atoms with Gasteiger partial charge in [0.05, 0.1) is 17.8 Å². The quantitative estimate of drug-likeness (QED) is 0.701. The Morgan fingerprint density at radius 2 is 1.95 bits per heavy atom. The van der Waals surface area contributed by atoms with Gasteiger partial charge in [0.1, 0.15) is 5.75 Å². The molecule has 2 aromatic rings. The maximum absolute atomic E-state index is 5.72. The fraction of sp³-hybridized carbons (Fsp3) is 0.471. The standard InChI is InChI=1S/C17H24N2OS/c1-3-4-5-10-20-16-8-6-15(7-9-16)11-18-12-17-14(2)19-13-21-17/h6-9,13,18H,3-5,10-12H2,1-2H3. The van der Waals surface area contributed by atoms with E-state index in [1.165, 1.54) is 23.3 Å². The molecule has 114 valence electrons. The third-order valence-corrected chi connectivity index (χ3v) is 4.33. The molecule has 2 rings (SSSR count). The lowest BCUT2D eigenvalue weighted by Crippen LogP contribution is -2.12. The van der Waals surface area contributed by atoms with Crippen molar-refractivity contribution in [1.82, 2.24) is 10.3 Å². The SMILES string of the molecule is CCCCCOc1ccc(CNCc2scnc2C)cc1. The van der Waals surface area contributed by atoms with Gasteiger partial charge < -0.3 is 10.1 Å². The minimum Gasteiger partial charge on any atom is -0.494 e. The first kappa shape index (κ1) is 16.0. The average molecular weight is 304 g/mol. The number of rotatable bonds is 9. The number of unbranched alkanes of at least 4 members (excludes halogenated alkanes) is 2. The molecule has 0 unspecified atom stereocenters. The highest BCUT2D eigenvalue weighted by molar-refractivity contribution is 7.09. The third-order valence-electron chi connectivity index (χ3n) is 3.40. The van der Waals surface area contributed by atoms with Gasteiger partial charge in [-0.2, -0.15) is 0 Å². The smallest absolute Gasteiger partial charge is 0.119 e. The average Bonchev–Trinajstić information content (AvgIpc) is 2.91. The van der Waals surface area contributed by atoms with Crippen LogP contribution in [0.1, 0.15) is 42.3 Å². The van der Waals surface area contributed by atoms with Crippen molar-refractivity contribution < 1.29 is 4.74 Å². The van der Waals surface area contributed by atoms with Crippen LogP contribution in [0.2, 0.25) is 0 Å². The van der Waals surface area contributed by atoms with Crippen LogP contribution in [-0.4, -0.2) is 11.6 Å². The lowest BCUT2D eigenvalue weighted by molar-refractivity contribution is 0.306. The Bertz CT molecular complexity index is 522. The molecule has 3 nitrogen and oxygen atoms in total. The van der Waals surface area contributed by atoms with Gasteiger partial charge in [-0.1, -0.05) is 31.9 Å². The van der Waals surface area contributed by atoms with Crippen molar-refractivity contribution in [3.8, 4) is 5.75 Å². The first-order chi connectivity index (χ1) is 10.3. The van der Waals surface area contributed by atoms with E-state index in [4.69, 9.17) is 4.74 Å². The number of nitrogens with one attached hydrogen (secondary N) is 1. The van der Waals surface area contributed by atoms with E-state index in [2.05, 4.69) is 48.4 Å². The molecule has 0 fully saturated rings. The molecule has 0 atom stereocenters. The van der Waals surface area contributed by atoms with Gasteiger partial charge in [-0.15, -0.1) is 11.3 Å². The van der Waals surface area contributed by atoms with Crippen molar-refractivity contribution >= 4 is 11.3 Å². The van der Waals surface area contributed by atoms with E-state index in [1.807, 2.05) is 5.51 Å². The molecular formula is C17H24N2OS. The predicted octanol–water partition coefficient (Wildman–Crippen LogP) is 4.31. The largest absolute Gasteiger partial charge is 0.494 e. The van der Waals surface area contributed by atoms with Crippen molar-refractivity contribution in [2.45, 2.75) is 46.2 Å². The first-order valence-corrected chi connectivity index (χ1v) is 8.49. The number of hydrogen-bond donors (Lipinski definition) is 1. The highest BCUT2D eigenvalue weighted by Crippen LogP contribution is 2.14. The first-order valence-electron chi connectivity index (χ1n) is 7.61. The zero-order valence-electron chi connectivity index (χ0n) is 12.9. The Kier molecular flexibility index (Phi) is 6.70. The molecule has 1 aromatic carbocycles. The summed E-state index contributed by atoms with van der Waals surface area (Å²) in [5.74, 6) is 0.966. The number of aromatic nitrogens is 1. The van der Waals surface area contributed by atoms with Gasteiger partial charge in [0.15, 0.2) is 0 Å². The summed E-state index contributed by atoms with van der Waals surface area (Å²) in [5, 5.41) is 3.45. The zero-order chi connectivity index (χ0) is 14.9. The normalized spacial score (nSPS) is 10.8. The summed E-state index contributed by atoms with van der Waals surface area (Å²) in [6.07, 6.45) is 3.60. The fourth-order valence-electron chi connectivity index (χ4n) is 2.06. The summed E-state index contributed by atoms with van der Waals surface area (Å²) in [6, 6.07) is 8.37. The second-order valence-corrected chi connectivity index (χ2v) is 6.10. The van der Waals surface area contributed by atoms with Crippen LogP contribution in [0.5, 0.6) is 5.75 Å². The van der Waals surface area contributed by atoms with Crippen molar-refractivity contribution in [2.75, 3.05) is 6.61 Å².